The van der Waals surface area contributed by atoms with Crippen LogP contribution in [0.4, 0.5) is 4.39 Å². The number of carbonyl (C=O) groups excluding carboxylic acids is 1. The lowest BCUT2D eigenvalue weighted by molar-refractivity contribution is -0.126. The quantitative estimate of drug-likeness (QED) is 0.863. The highest BCUT2D eigenvalue weighted by Gasteiger charge is 2.25. The molecule has 0 aliphatic carbocycles. The molecule has 0 bridgehead atoms. The zero-order valence-corrected chi connectivity index (χ0v) is 15.5. The number of amides is 1. The third-order valence-corrected chi connectivity index (χ3v) is 4.98. The van der Waals surface area contributed by atoms with Gasteiger partial charge in [0, 0.05) is 31.2 Å². The van der Waals surface area contributed by atoms with Gasteiger partial charge >= 0.3 is 0 Å². The number of likely N-dealkylation sites (tertiary alicyclic amines) is 1. The topological polar surface area (TPSA) is 50.2 Å². The molecule has 0 saturated carbocycles. The summed E-state index contributed by atoms with van der Waals surface area (Å²) >= 11 is 0. The summed E-state index contributed by atoms with van der Waals surface area (Å²) in [4.78, 5) is 19.2. The molecule has 1 saturated heterocycles. The van der Waals surface area contributed by atoms with E-state index in [-0.39, 0.29) is 17.6 Å². The maximum atomic E-state index is 12.9. The van der Waals surface area contributed by atoms with Crippen molar-refractivity contribution in [2.75, 3.05) is 13.1 Å². The molecule has 6 heteroatoms. The Morgan fingerprint density at radius 2 is 1.96 bits per heavy atom. The Morgan fingerprint density at radius 3 is 2.58 bits per heavy atom. The number of aromatic nitrogens is 2. The number of halogens is 1. The molecule has 1 amide bonds. The van der Waals surface area contributed by atoms with Crippen LogP contribution < -0.4 is 5.32 Å². The minimum absolute atomic E-state index is 0.0555. The van der Waals surface area contributed by atoms with Gasteiger partial charge in [-0.1, -0.05) is 12.1 Å². The molecule has 26 heavy (non-hydrogen) atoms. The smallest absolute Gasteiger partial charge is 0.223 e. The molecule has 1 aliphatic heterocycles. The highest BCUT2D eigenvalue weighted by atomic mass is 19.1. The van der Waals surface area contributed by atoms with Crippen LogP contribution in [0.25, 0.3) is 0 Å². The Labute approximate surface area is 154 Å². The molecule has 1 aromatic heterocycles. The molecule has 1 aromatic carbocycles. The summed E-state index contributed by atoms with van der Waals surface area (Å²) in [7, 11) is 0. The Morgan fingerprint density at radius 1 is 1.27 bits per heavy atom. The van der Waals surface area contributed by atoms with Gasteiger partial charge in [0.1, 0.15) is 5.82 Å². The van der Waals surface area contributed by atoms with E-state index in [4.69, 9.17) is 0 Å². The lowest BCUT2D eigenvalue weighted by atomic mass is 9.95. The predicted molar refractivity (Wildman–Crippen MR) is 98.9 cm³/mol. The van der Waals surface area contributed by atoms with Crippen molar-refractivity contribution in [2.24, 2.45) is 5.92 Å². The van der Waals surface area contributed by atoms with Crippen molar-refractivity contribution in [3.63, 3.8) is 0 Å². The lowest BCUT2D eigenvalue weighted by Crippen LogP contribution is -2.40. The fraction of sp³-hybridized carbons (Fsp3) is 0.500. The summed E-state index contributed by atoms with van der Waals surface area (Å²) in [6.45, 7) is 7.38. The molecule has 1 N–H and O–H groups in total. The van der Waals surface area contributed by atoms with Crippen molar-refractivity contribution in [2.45, 2.75) is 45.8 Å². The summed E-state index contributed by atoms with van der Waals surface area (Å²) in [6, 6.07) is 6.66. The fourth-order valence-corrected chi connectivity index (χ4v) is 3.26. The number of carbonyl (C=O) groups is 1. The molecule has 0 spiro atoms. The van der Waals surface area contributed by atoms with E-state index < -0.39 is 0 Å². The van der Waals surface area contributed by atoms with Crippen molar-refractivity contribution in [1.82, 2.24) is 19.8 Å². The van der Waals surface area contributed by atoms with Crippen LogP contribution in [0.5, 0.6) is 0 Å². The molecular formula is C20H27FN4O. The molecule has 0 radical (unpaired) electrons. The zero-order chi connectivity index (χ0) is 18.5. The van der Waals surface area contributed by atoms with E-state index in [1.165, 1.54) is 12.1 Å². The molecule has 1 aliphatic rings. The van der Waals surface area contributed by atoms with Gasteiger partial charge in [0.15, 0.2) is 0 Å². The number of nitrogens with one attached hydrogen (secondary N) is 1. The van der Waals surface area contributed by atoms with Crippen molar-refractivity contribution in [3.8, 4) is 0 Å². The fourth-order valence-electron chi connectivity index (χ4n) is 3.26. The van der Waals surface area contributed by atoms with E-state index in [9.17, 15) is 9.18 Å². The SMILES string of the molecule is CC(C)n1cnc(CN2CCC(C(=O)NCc3ccc(F)cc3)CC2)c1. The highest BCUT2D eigenvalue weighted by molar-refractivity contribution is 5.78. The number of hydrogen-bond acceptors (Lipinski definition) is 3. The van der Waals surface area contributed by atoms with E-state index in [0.717, 1.165) is 43.7 Å². The van der Waals surface area contributed by atoms with E-state index in [2.05, 4.69) is 39.8 Å². The maximum Gasteiger partial charge on any atom is 0.223 e. The van der Waals surface area contributed by atoms with Gasteiger partial charge in [0.05, 0.1) is 12.0 Å². The summed E-state index contributed by atoms with van der Waals surface area (Å²) in [6.07, 6.45) is 5.71. The van der Waals surface area contributed by atoms with Gasteiger partial charge in [0.25, 0.3) is 0 Å². The Bertz CT molecular complexity index is 718. The van der Waals surface area contributed by atoms with E-state index in [0.29, 0.717) is 12.6 Å². The van der Waals surface area contributed by atoms with Gasteiger partial charge in [-0.2, -0.15) is 0 Å². The first-order chi connectivity index (χ1) is 12.5. The molecule has 2 heterocycles. The third-order valence-electron chi connectivity index (χ3n) is 4.98. The van der Waals surface area contributed by atoms with Gasteiger partial charge in [-0.15, -0.1) is 0 Å². The average Bonchev–Trinajstić information content (AvgIpc) is 3.10. The van der Waals surface area contributed by atoms with E-state index >= 15 is 0 Å². The van der Waals surface area contributed by atoms with Crippen LogP contribution in [0.3, 0.4) is 0 Å². The second-order valence-electron chi connectivity index (χ2n) is 7.30. The van der Waals surface area contributed by atoms with Gasteiger partial charge in [0.2, 0.25) is 5.91 Å². The van der Waals surface area contributed by atoms with Gasteiger partial charge in [-0.05, 0) is 57.5 Å². The number of benzene rings is 1. The number of rotatable bonds is 6. The number of piperidine rings is 1. The summed E-state index contributed by atoms with van der Waals surface area (Å²) < 4.78 is 15.0. The van der Waals surface area contributed by atoms with Gasteiger partial charge in [-0.25, -0.2) is 9.37 Å². The number of hydrogen-bond donors (Lipinski definition) is 1. The normalized spacial score (nSPS) is 16.2. The molecule has 0 unspecified atom stereocenters. The van der Waals surface area contributed by atoms with Crippen molar-refractivity contribution < 1.29 is 9.18 Å². The monoisotopic (exact) mass is 358 g/mol. The second-order valence-corrected chi connectivity index (χ2v) is 7.30. The van der Waals surface area contributed by atoms with E-state index in [1.807, 2.05) is 6.33 Å². The van der Waals surface area contributed by atoms with Crippen LogP contribution in [0, 0.1) is 11.7 Å². The van der Waals surface area contributed by atoms with Crippen LogP contribution in [-0.2, 0) is 17.9 Å². The molecule has 2 aromatic rings. The van der Waals surface area contributed by atoms with Crippen LogP contribution >= 0.6 is 0 Å². The number of nitrogens with zero attached hydrogens (tertiary/aromatic N) is 3. The lowest BCUT2D eigenvalue weighted by Gasteiger charge is -2.30. The molecule has 3 rings (SSSR count). The summed E-state index contributed by atoms with van der Waals surface area (Å²) in [5.74, 6) is -0.108. The summed E-state index contributed by atoms with van der Waals surface area (Å²) in [5.41, 5.74) is 2.00. The van der Waals surface area contributed by atoms with Gasteiger partial charge < -0.3 is 9.88 Å². The largest absolute Gasteiger partial charge is 0.352 e. The van der Waals surface area contributed by atoms with Crippen molar-refractivity contribution in [3.05, 3.63) is 53.9 Å². The van der Waals surface area contributed by atoms with Gasteiger partial charge in [-0.3, -0.25) is 9.69 Å². The molecule has 0 atom stereocenters. The average molecular weight is 358 g/mol. The van der Waals surface area contributed by atoms with Crippen LogP contribution in [0.2, 0.25) is 0 Å². The second kappa shape index (κ2) is 8.45. The predicted octanol–water partition coefficient (Wildman–Crippen LogP) is 3.13. The Hall–Kier alpha value is -2.21. The minimum Gasteiger partial charge on any atom is -0.352 e. The molecule has 5 nitrogen and oxygen atoms in total. The van der Waals surface area contributed by atoms with Crippen molar-refractivity contribution in [1.29, 1.82) is 0 Å². The Kier molecular flexibility index (Phi) is 6.04. The van der Waals surface area contributed by atoms with Crippen LogP contribution in [-0.4, -0.2) is 33.4 Å². The van der Waals surface area contributed by atoms with Crippen LogP contribution in [0.15, 0.2) is 36.8 Å². The van der Waals surface area contributed by atoms with Crippen molar-refractivity contribution >= 4 is 5.91 Å². The van der Waals surface area contributed by atoms with Crippen LogP contribution in [0.1, 0.15) is 44.0 Å². The standard InChI is InChI=1S/C20H27FN4O/c1-15(2)25-13-19(23-14-25)12-24-9-7-17(8-10-24)20(26)22-11-16-3-5-18(21)6-4-16/h3-6,13-15,17H,7-12H2,1-2H3,(H,22,26). The first-order valence-corrected chi connectivity index (χ1v) is 9.28. The molecule has 1 fully saturated rings. The number of imidazole rings is 1. The first-order valence-electron chi connectivity index (χ1n) is 9.28. The third kappa shape index (κ3) is 4.91. The zero-order valence-electron chi connectivity index (χ0n) is 15.5. The Balaban J connectivity index is 1.42. The highest BCUT2D eigenvalue weighted by Crippen LogP contribution is 2.19. The first kappa shape index (κ1) is 18.6. The molecule has 140 valence electrons. The maximum absolute atomic E-state index is 12.9. The molecular weight excluding hydrogens is 331 g/mol. The minimum atomic E-state index is -0.259. The summed E-state index contributed by atoms with van der Waals surface area (Å²) in [5, 5.41) is 2.97. The van der Waals surface area contributed by atoms with E-state index in [1.54, 1.807) is 12.1 Å².